The van der Waals surface area contributed by atoms with Crippen molar-refractivity contribution >= 4 is 5.97 Å². The highest BCUT2D eigenvalue weighted by Crippen LogP contribution is 2.24. The number of carbonyl (C=O) groups excluding carboxylic acids is 1. The maximum Gasteiger partial charge on any atom is 0.128 e. The molecular weight excluding hydrogens is 272 g/mol. The molecule has 5 nitrogen and oxygen atoms in total. The maximum atomic E-state index is 10.3. The number of aliphatic carboxylic acids is 1. The van der Waals surface area contributed by atoms with Crippen LogP contribution in [0.4, 0.5) is 0 Å². The number of hydrogen-bond donors (Lipinski definition) is 1. The van der Waals surface area contributed by atoms with Gasteiger partial charge in [0, 0.05) is 0 Å². The van der Waals surface area contributed by atoms with E-state index in [1.807, 2.05) is 36.4 Å². The zero-order chi connectivity index (χ0) is 15.1. The average Bonchev–Trinajstić information content (AvgIpc) is 2.52. The van der Waals surface area contributed by atoms with Crippen LogP contribution in [0.5, 0.6) is 11.5 Å². The minimum Gasteiger partial charge on any atom is -0.546 e. The van der Waals surface area contributed by atoms with Crippen molar-refractivity contribution in [2.45, 2.75) is 0 Å². The summed E-state index contributed by atoms with van der Waals surface area (Å²) in [5.41, 5.74) is 1.97. The minimum atomic E-state index is -1.25. The van der Waals surface area contributed by atoms with Gasteiger partial charge in [-0.1, -0.05) is 24.3 Å². The third-order valence-electron chi connectivity index (χ3n) is 2.76. The first-order valence-electron chi connectivity index (χ1n) is 6.46. The Morgan fingerprint density at radius 1 is 0.905 bits per heavy atom. The van der Waals surface area contributed by atoms with Crippen LogP contribution in [0.3, 0.4) is 0 Å². The van der Waals surface area contributed by atoms with Gasteiger partial charge >= 0.3 is 0 Å². The van der Waals surface area contributed by atoms with Crippen molar-refractivity contribution in [1.29, 1.82) is 0 Å². The molecule has 0 aliphatic rings. The van der Waals surface area contributed by atoms with Gasteiger partial charge < -0.3 is 24.5 Å². The predicted molar refractivity (Wildman–Crippen MR) is 75.0 cm³/mol. The second-order valence-corrected chi connectivity index (χ2v) is 4.28. The fourth-order valence-electron chi connectivity index (χ4n) is 1.79. The van der Waals surface area contributed by atoms with E-state index in [-0.39, 0.29) is 13.2 Å². The molecule has 0 amide bonds. The molecule has 2 rings (SSSR count). The van der Waals surface area contributed by atoms with E-state index >= 15 is 0 Å². The second kappa shape index (κ2) is 7.31. The van der Waals surface area contributed by atoms with E-state index in [2.05, 4.69) is 0 Å². The summed E-state index contributed by atoms with van der Waals surface area (Å²) in [5, 5.41) is 19.0. The fourth-order valence-corrected chi connectivity index (χ4v) is 1.79. The quantitative estimate of drug-likeness (QED) is 0.817. The summed E-state index contributed by atoms with van der Waals surface area (Å²) in [6, 6.07) is 14.6. The Balaban J connectivity index is 2.02. The number of ether oxygens (including phenoxy) is 2. The van der Waals surface area contributed by atoms with Crippen LogP contribution in [-0.2, 0) is 4.79 Å². The molecule has 2 aromatic rings. The molecule has 0 atom stereocenters. The van der Waals surface area contributed by atoms with E-state index in [0.717, 1.165) is 11.1 Å². The third-order valence-corrected chi connectivity index (χ3v) is 2.76. The summed E-state index contributed by atoms with van der Waals surface area (Å²) in [6.07, 6.45) is 0. The van der Waals surface area contributed by atoms with Crippen molar-refractivity contribution in [3.8, 4) is 22.6 Å². The summed E-state index contributed by atoms with van der Waals surface area (Å²) < 4.78 is 10.3. The van der Waals surface area contributed by atoms with Crippen LogP contribution < -0.4 is 14.6 Å². The van der Waals surface area contributed by atoms with Crippen molar-refractivity contribution in [2.75, 3.05) is 19.8 Å². The molecule has 0 fully saturated rings. The lowest BCUT2D eigenvalue weighted by atomic mass is 10.1. The Kier molecular flexibility index (Phi) is 5.17. The predicted octanol–water partition coefficient (Wildman–Crippen LogP) is 0.853. The first kappa shape index (κ1) is 14.9. The number of carboxylic acid groups (broad SMARTS) is 1. The van der Waals surface area contributed by atoms with E-state index in [9.17, 15) is 9.90 Å². The van der Waals surface area contributed by atoms with Crippen molar-refractivity contribution in [2.24, 2.45) is 0 Å². The number of hydrogen-bond acceptors (Lipinski definition) is 5. The molecule has 0 heterocycles. The molecule has 0 saturated heterocycles. The van der Waals surface area contributed by atoms with E-state index in [1.165, 1.54) is 0 Å². The average molecular weight is 287 g/mol. The van der Waals surface area contributed by atoms with E-state index < -0.39 is 12.6 Å². The Hall–Kier alpha value is -2.53. The summed E-state index contributed by atoms with van der Waals surface area (Å²) in [4.78, 5) is 10.3. The van der Waals surface area contributed by atoms with Crippen molar-refractivity contribution in [3.63, 3.8) is 0 Å². The first-order valence-corrected chi connectivity index (χ1v) is 6.46. The second-order valence-electron chi connectivity index (χ2n) is 4.28. The van der Waals surface area contributed by atoms with Gasteiger partial charge in [-0.25, -0.2) is 0 Å². The van der Waals surface area contributed by atoms with Gasteiger partial charge in [0.1, 0.15) is 24.7 Å². The molecule has 0 saturated carbocycles. The molecular formula is C16H15O5-. The molecule has 0 aliphatic heterocycles. The van der Waals surface area contributed by atoms with Gasteiger partial charge in [-0.15, -0.1) is 0 Å². The molecule has 0 aliphatic carbocycles. The van der Waals surface area contributed by atoms with Crippen LogP contribution in [0.1, 0.15) is 0 Å². The van der Waals surface area contributed by atoms with E-state index in [4.69, 9.17) is 14.6 Å². The first-order chi connectivity index (χ1) is 10.2. The summed E-state index contributed by atoms with van der Waals surface area (Å²) in [7, 11) is 0. The molecule has 0 radical (unpaired) electrons. The van der Waals surface area contributed by atoms with Crippen LogP contribution in [0.15, 0.2) is 48.5 Å². The molecule has 21 heavy (non-hydrogen) atoms. The Morgan fingerprint density at radius 2 is 1.38 bits per heavy atom. The van der Waals surface area contributed by atoms with Gasteiger partial charge in [0.2, 0.25) is 0 Å². The number of aliphatic hydroxyl groups is 1. The summed E-state index contributed by atoms with van der Waals surface area (Å²) in [6.45, 7) is -0.213. The van der Waals surface area contributed by atoms with Gasteiger partial charge in [-0.05, 0) is 35.4 Å². The molecule has 2 aromatic carbocycles. The normalized spacial score (nSPS) is 10.1. The van der Waals surface area contributed by atoms with Crippen molar-refractivity contribution in [1.82, 2.24) is 0 Å². The molecule has 0 aromatic heterocycles. The smallest absolute Gasteiger partial charge is 0.128 e. The SMILES string of the molecule is O=C([O-])COc1ccc(-c2ccc(OCCO)cc2)cc1. The number of carboxylic acids is 1. The van der Waals surface area contributed by atoms with E-state index in [1.54, 1.807) is 12.1 Å². The topological polar surface area (TPSA) is 78.8 Å². The Labute approximate surface area is 122 Å². The van der Waals surface area contributed by atoms with Crippen molar-refractivity contribution in [3.05, 3.63) is 48.5 Å². The molecule has 5 heteroatoms. The van der Waals surface area contributed by atoms with Gasteiger partial charge in [0.25, 0.3) is 0 Å². The number of carbonyl (C=O) groups is 1. The molecule has 0 unspecified atom stereocenters. The standard InChI is InChI=1S/C16H16O5/c17-9-10-20-14-5-1-12(2-6-14)13-3-7-15(8-4-13)21-11-16(18)19/h1-8,17H,9-11H2,(H,18,19)/p-1. The van der Waals surface area contributed by atoms with Gasteiger partial charge in [0.05, 0.1) is 12.6 Å². The molecule has 0 spiro atoms. The van der Waals surface area contributed by atoms with Crippen LogP contribution in [0.2, 0.25) is 0 Å². The third kappa shape index (κ3) is 4.50. The van der Waals surface area contributed by atoms with Gasteiger partial charge in [0.15, 0.2) is 0 Å². The summed E-state index contributed by atoms with van der Waals surface area (Å²) >= 11 is 0. The van der Waals surface area contributed by atoms with Crippen LogP contribution >= 0.6 is 0 Å². The lowest BCUT2D eigenvalue weighted by molar-refractivity contribution is -0.307. The zero-order valence-electron chi connectivity index (χ0n) is 11.3. The van der Waals surface area contributed by atoms with Crippen LogP contribution in [0, 0.1) is 0 Å². The number of benzene rings is 2. The largest absolute Gasteiger partial charge is 0.546 e. The lowest BCUT2D eigenvalue weighted by Crippen LogP contribution is -2.28. The zero-order valence-corrected chi connectivity index (χ0v) is 11.3. The molecule has 110 valence electrons. The summed E-state index contributed by atoms with van der Waals surface area (Å²) in [5.74, 6) is -0.0786. The van der Waals surface area contributed by atoms with E-state index in [0.29, 0.717) is 11.5 Å². The molecule has 1 N–H and O–H groups in total. The Morgan fingerprint density at radius 3 is 1.81 bits per heavy atom. The van der Waals surface area contributed by atoms with Gasteiger partial charge in [-0.3, -0.25) is 0 Å². The van der Waals surface area contributed by atoms with Gasteiger partial charge in [-0.2, -0.15) is 0 Å². The number of aliphatic hydroxyl groups excluding tert-OH is 1. The van der Waals surface area contributed by atoms with Crippen LogP contribution in [0.25, 0.3) is 11.1 Å². The maximum absolute atomic E-state index is 10.3. The monoisotopic (exact) mass is 287 g/mol. The number of rotatable bonds is 7. The highest BCUT2D eigenvalue weighted by molar-refractivity contribution is 5.67. The lowest BCUT2D eigenvalue weighted by Gasteiger charge is -2.08. The highest BCUT2D eigenvalue weighted by atomic mass is 16.5. The molecule has 0 bridgehead atoms. The Bertz CT molecular complexity index is 575. The fraction of sp³-hybridized carbons (Fsp3) is 0.188. The highest BCUT2D eigenvalue weighted by Gasteiger charge is 2.00. The van der Waals surface area contributed by atoms with Crippen molar-refractivity contribution < 1.29 is 24.5 Å². The minimum absolute atomic E-state index is 0.0188. The van der Waals surface area contributed by atoms with Crippen LogP contribution in [-0.4, -0.2) is 30.9 Å².